The Morgan fingerprint density at radius 1 is 1.64 bits per heavy atom. The molecule has 3 nitrogen and oxygen atoms in total. The van der Waals surface area contributed by atoms with Crippen molar-refractivity contribution in [2.45, 2.75) is 25.8 Å². The zero-order valence-electron chi connectivity index (χ0n) is 8.57. The molecule has 1 amide bonds. The average molecular weight is 239 g/mol. The van der Waals surface area contributed by atoms with E-state index in [1.165, 1.54) is 0 Å². The fraction of sp³-hybridized carbons (Fsp3) is 0.889. The zero-order valence-corrected chi connectivity index (χ0v) is 10.2. The molecule has 0 aromatic rings. The Labute approximate surface area is 96.2 Å². The van der Waals surface area contributed by atoms with Crippen LogP contribution in [0.15, 0.2) is 0 Å². The molecule has 0 aliphatic carbocycles. The summed E-state index contributed by atoms with van der Waals surface area (Å²) in [6.45, 7) is 3.74. The van der Waals surface area contributed by atoms with Crippen LogP contribution in [0.1, 0.15) is 19.8 Å². The lowest BCUT2D eigenvalue weighted by atomic mass is 10.3. The molecule has 0 aromatic heterocycles. The second-order valence-corrected chi connectivity index (χ2v) is 4.55. The van der Waals surface area contributed by atoms with E-state index in [1.807, 2.05) is 4.90 Å². The van der Waals surface area contributed by atoms with E-state index in [2.05, 4.69) is 6.92 Å². The number of halogens is 1. The summed E-state index contributed by atoms with van der Waals surface area (Å²) in [4.78, 5) is 13.4. The summed E-state index contributed by atoms with van der Waals surface area (Å²) < 4.78 is 0. The molecule has 0 spiro atoms. The van der Waals surface area contributed by atoms with E-state index in [0.717, 1.165) is 31.7 Å². The molecule has 1 aliphatic rings. The molecule has 0 bridgehead atoms. The number of thioether (sulfide) groups is 1. The van der Waals surface area contributed by atoms with Crippen molar-refractivity contribution in [3.63, 3.8) is 0 Å². The molecule has 0 radical (unpaired) electrons. The van der Waals surface area contributed by atoms with Crippen LogP contribution in [0.2, 0.25) is 0 Å². The summed E-state index contributed by atoms with van der Waals surface area (Å²) in [6.07, 6.45) is 2.10. The third-order valence-electron chi connectivity index (χ3n) is 2.15. The van der Waals surface area contributed by atoms with Crippen molar-refractivity contribution in [2.75, 3.05) is 24.6 Å². The molecule has 0 saturated carbocycles. The summed E-state index contributed by atoms with van der Waals surface area (Å²) in [6, 6.07) is 0.208. The van der Waals surface area contributed by atoms with Crippen molar-refractivity contribution in [3.05, 3.63) is 0 Å². The minimum atomic E-state index is 0. The van der Waals surface area contributed by atoms with Crippen LogP contribution in [-0.4, -0.2) is 41.4 Å². The Morgan fingerprint density at radius 2 is 2.36 bits per heavy atom. The predicted molar refractivity (Wildman–Crippen MR) is 64.0 cm³/mol. The standard InChI is InChI=1S/C9H18N2OS.ClH/c1-2-5-13-7-9(12)11-4-3-8(10)6-11;/h8H,2-7,10H2,1H3;1H/t8-;/m1./s1. The Kier molecular flexibility index (Phi) is 7.41. The Bertz CT molecular complexity index is 180. The van der Waals surface area contributed by atoms with Gasteiger partial charge in [-0.1, -0.05) is 6.92 Å². The number of nitrogens with zero attached hydrogens (tertiary/aromatic N) is 1. The van der Waals surface area contributed by atoms with Gasteiger partial charge < -0.3 is 10.6 Å². The average Bonchev–Trinajstić information content (AvgIpc) is 2.52. The molecule has 2 N–H and O–H groups in total. The maximum absolute atomic E-state index is 11.5. The highest BCUT2D eigenvalue weighted by atomic mass is 35.5. The number of rotatable bonds is 4. The third-order valence-corrected chi connectivity index (χ3v) is 3.30. The van der Waals surface area contributed by atoms with Crippen LogP contribution in [0.3, 0.4) is 0 Å². The quantitative estimate of drug-likeness (QED) is 0.747. The fourth-order valence-corrected chi connectivity index (χ4v) is 2.20. The first kappa shape index (κ1) is 14.1. The van der Waals surface area contributed by atoms with E-state index in [1.54, 1.807) is 11.8 Å². The summed E-state index contributed by atoms with van der Waals surface area (Å²) in [5.41, 5.74) is 5.72. The molecule has 1 aliphatic heterocycles. The number of carbonyl (C=O) groups excluding carboxylic acids is 1. The summed E-state index contributed by atoms with van der Waals surface area (Å²) >= 11 is 1.72. The van der Waals surface area contributed by atoms with Gasteiger partial charge in [-0.05, 0) is 18.6 Å². The van der Waals surface area contributed by atoms with Crippen LogP contribution in [0.5, 0.6) is 0 Å². The normalized spacial score (nSPS) is 20.7. The molecule has 14 heavy (non-hydrogen) atoms. The van der Waals surface area contributed by atoms with Crippen LogP contribution >= 0.6 is 24.2 Å². The van der Waals surface area contributed by atoms with Gasteiger partial charge in [-0.15, -0.1) is 12.4 Å². The van der Waals surface area contributed by atoms with E-state index in [9.17, 15) is 4.79 Å². The third kappa shape index (κ3) is 4.53. The highest BCUT2D eigenvalue weighted by molar-refractivity contribution is 7.99. The SMILES string of the molecule is CCCSCC(=O)N1CC[C@@H](N)C1.Cl. The van der Waals surface area contributed by atoms with Gasteiger partial charge in [0.05, 0.1) is 5.75 Å². The first-order valence-corrected chi connectivity index (χ1v) is 6.00. The summed E-state index contributed by atoms with van der Waals surface area (Å²) in [5, 5.41) is 0. The molecule has 1 heterocycles. The largest absolute Gasteiger partial charge is 0.340 e. The van der Waals surface area contributed by atoms with Crippen LogP contribution < -0.4 is 5.73 Å². The lowest BCUT2D eigenvalue weighted by Gasteiger charge is -2.14. The van der Waals surface area contributed by atoms with Crippen molar-refractivity contribution in [2.24, 2.45) is 5.73 Å². The second kappa shape index (κ2) is 7.37. The van der Waals surface area contributed by atoms with Crippen molar-refractivity contribution < 1.29 is 4.79 Å². The first-order valence-electron chi connectivity index (χ1n) is 4.85. The van der Waals surface area contributed by atoms with E-state index in [0.29, 0.717) is 5.75 Å². The number of carbonyl (C=O) groups is 1. The monoisotopic (exact) mass is 238 g/mol. The van der Waals surface area contributed by atoms with Crippen LogP contribution in [-0.2, 0) is 4.79 Å². The fourth-order valence-electron chi connectivity index (χ4n) is 1.41. The highest BCUT2D eigenvalue weighted by Crippen LogP contribution is 2.10. The van der Waals surface area contributed by atoms with E-state index in [4.69, 9.17) is 5.73 Å². The molecular weight excluding hydrogens is 220 g/mol. The van der Waals surface area contributed by atoms with Crippen molar-refractivity contribution >= 4 is 30.1 Å². The van der Waals surface area contributed by atoms with Gasteiger partial charge in [0.1, 0.15) is 0 Å². The Hall–Kier alpha value is 0.0700. The topological polar surface area (TPSA) is 46.3 Å². The maximum atomic E-state index is 11.5. The number of likely N-dealkylation sites (tertiary alicyclic amines) is 1. The van der Waals surface area contributed by atoms with Gasteiger partial charge in [0, 0.05) is 19.1 Å². The number of nitrogens with two attached hydrogens (primary N) is 1. The second-order valence-electron chi connectivity index (χ2n) is 3.44. The van der Waals surface area contributed by atoms with Gasteiger partial charge in [-0.2, -0.15) is 11.8 Å². The number of hydrogen-bond donors (Lipinski definition) is 1. The van der Waals surface area contributed by atoms with Gasteiger partial charge in [0.15, 0.2) is 0 Å². The van der Waals surface area contributed by atoms with Gasteiger partial charge in [0.25, 0.3) is 0 Å². The number of hydrogen-bond acceptors (Lipinski definition) is 3. The number of amides is 1. The van der Waals surface area contributed by atoms with Gasteiger partial charge >= 0.3 is 0 Å². The van der Waals surface area contributed by atoms with Gasteiger partial charge in [0.2, 0.25) is 5.91 Å². The van der Waals surface area contributed by atoms with Gasteiger partial charge in [-0.25, -0.2) is 0 Å². The van der Waals surface area contributed by atoms with Crippen molar-refractivity contribution in [1.29, 1.82) is 0 Å². The zero-order chi connectivity index (χ0) is 9.68. The minimum Gasteiger partial charge on any atom is -0.340 e. The lowest BCUT2D eigenvalue weighted by molar-refractivity contribution is -0.127. The van der Waals surface area contributed by atoms with Crippen LogP contribution in [0.25, 0.3) is 0 Å². The molecular formula is C9H19ClN2OS. The summed E-state index contributed by atoms with van der Waals surface area (Å²) in [5.74, 6) is 1.96. The smallest absolute Gasteiger partial charge is 0.232 e. The molecule has 1 saturated heterocycles. The predicted octanol–water partition coefficient (Wildman–Crippen LogP) is 1.11. The molecule has 1 atom stereocenters. The van der Waals surface area contributed by atoms with Crippen molar-refractivity contribution in [3.8, 4) is 0 Å². The van der Waals surface area contributed by atoms with E-state index in [-0.39, 0.29) is 24.4 Å². The summed E-state index contributed by atoms with van der Waals surface area (Å²) in [7, 11) is 0. The van der Waals surface area contributed by atoms with E-state index >= 15 is 0 Å². The molecule has 84 valence electrons. The Morgan fingerprint density at radius 3 is 2.86 bits per heavy atom. The van der Waals surface area contributed by atoms with E-state index < -0.39 is 0 Å². The minimum absolute atomic E-state index is 0. The van der Waals surface area contributed by atoms with Crippen molar-refractivity contribution in [1.82, 2.24) is 4.90 Å². The molecule has 0 aromatic carbocycles. The lowest BCUT2D eigenvalue weighted by Crippen LogP contribution is -2.33. The molecule has 5 heteroatoms. The highest BCUT2D eigenvalue weighted by Gasteiger charge is 2.22. The van der Waals surface area contributed by atoms with Crippen LogP contribution in [0.4, 0.5) is 0 Å². The first-order chi connectivity index (χ1) is 6.24. The maximum Gasteiger partial charge on any atom is 0.232 e. The van der Waals surface area contributed by atoms with Crippen LogP contribution in [0, 0.1) is 0 Å². The Balaban J connectivity index is 0.00000169. The molecule has 1 fully saturated rings. The molecule has 0 unspecified atom stereocenters. The van der Waals surface area contributed by atoms with Gasteiger partial charge in [-0.3, -0.25) is 4.79 Å². The molecule has 1 rings (SSSR count).